The van der Waals surface area contributed by atoms with Gasteiger partial charge in [0.25, 0.3) is 0 Å². The molecule has 4 aromatic rings. The van der Waals surface area contributed by atoms with Crippen LogP contribution in [0.1, 0.15) is 35.8 Å². The molecular formula is C28H26N4O. The number of para-hydroxylation sites is 2. The van der Waals surface area contributed by atoms with Crippen LogP contribution < -0.4 is 10.0 Å². The average Bonchev–Trinajstić information content (AvgIpc) is 3.47. The van der Waals surface area contributed by atoms with Gasteiger partial charge < -0.3 is 4.42 Å². The quantitative estimate of drug-likeness (QED) is 0.370. The van der Waals surface area contributed by atoms with E-state index in [1.54, 1.807) is 0 Å². The van der Waals surface area contributed by atoms with Crippen LogP contribution in [0.2, 0.25) is 0 Å². The van der Waals surface area contributed by atoms with Gasteiger partial charge in [-0.3, -0.25) is 10.0 Å². The zero-order chi connectivity index (χ0) is 22.2. The van der Waals surface area contributed by atoms with E-state index in [1.807, 2.05) is 19.2 Å². The monoisotopic (exact) mass is 434 g/mol. The van der Waals surface area contributed by atoms with Gasteiger partial charge in [0.15, 0.2) is 5.76 Å². The highest BCUT2D eigenvalue weighted by Gasteiger charge is 2.19. The number of hydrazone groups is 2. The van der Waals surface area contributed by atoms with Gasteiger partial charge in [-0.25, -0.2) is 0 Å². The molecule has 5 heteroatoms. The largest absolute Gasteiger partial charge is 0.455 e. The van der Waals surface area contributed by atoms with Crippen molar-refractivity contribution in [3.63, 3.8) is 0 Å². The molecule has 33 heavy (non-hydrogen) atoms. The van der Waals surface area contributed by atoms with Crippen LogP contribution in [0.3, 0.4) is 0 Å². The van der Waals surface area contributed by atoms with Gasteiger partial charge in [0.05, 0.1) is 17.6 Å². The van der Waals surface area contributed by atoms with E-state index in [4.69, 9.17) is 14.6 Å². The molecule has 0 spiro atoms. The SMILES string of the molecule is C/C(=N\N1CCc2ccccc21)c1cc2cc(/C=N/N3CCCc4ccccc43)ccc2o1. The Morgan fingerprint density at radius 1 is 0.848 bits per heavy atom. The fraction of sp³-hybridized carbons (Fsp3) is 0.214. The van der Waals surface area contributed by atoms with Gasteiger partial charge in [-0.2, -0.15) is 10.2 Å². The molecule has 0 amide bonds. The Hall–Kier alpha value is -3.86. The van der Waals surface area contributed by atoms with Crippen LogP contribution in [0, 0.1) is 0 Å². The Labute approximate surface area is 193 Å². The fourth-order valence-electron chi connectivity index (χ4n) is 4.75. The highest BCUT2D eigenvalue weighted by atomic mass is 16.3. The molecule has 6 rings (SSSR count). The third-order valence-corrected chi connectivity index (χ3v) is 6.46. The molecule has 2 aliphatic heterocycles. The summed E-state index contributed by atoms with van der Waals surface area (Å²) in [5.41, 5.74) is 7.91. The average molecular weight is 435 g/mol. The van der Waals surface area contributed by atoms with Gasteiger partial charge in [0.2, 0.25) is 0 Å². The summed E-state index contributed by atoms with van der Waals surface area (Å²) in [5.74, 6) is 0.799. The number of fused-ring (bicyclic) bond motifs is 3. The summed E-state index contributed by atoms with van der Waals surface area (Å²) in [5, 5.41) is 14.9. The maximum absolute atomic E-state index is 6.11. The lowest BCUT2D eigenvalue weighted by molar-refractivity contribution is 0.603. The molecule has 3 aromatic carbocycles. The van der Waals surface area contributed by atoms with Crippen molar-refractivity contribution in [2.45, 2.75) is 26.2 Å². The van der Waals surface area contributed by atoms with E-state index in [0.717, 1.165) is 60.4 Å². The van der Waals surface area contributed by atoms with E-state index in [2.05, 4.69) is 76.7 Å². The number of rotatable bonds is 4. The second-order valence-corrected chi connectivity index (χ2v) is 8.70. The van der Waals surface area contributed by atoms with Crippen LogP contribution in [-0.2, 0) is 12.8 Å². The fourth-order valence-corrected chi connectivity index (χ4v) is 4.75. The first kappa shape index (κ1) is 19.8. The second kappa shape index (κ2) is 8.24. The molecule has 164 valence electrons. The van der Waals surface area contributed by atoms with E-state index in [9.17, 15) is 0 Å². The van der Waals surface area contributed by atoms with Crippen LogP contribution in [0.25, 0.3) is 11.0 Å². The number of aryl methyl sites for hydroxylation is 1. The van der Waals surface area contributed by atoms with Crippen molar-refractivity contribution in [3.05, 3.63) is 95.2 Å². The molecule has 0 saturated carbocycles. The molecule has 5 nitrogen and oxygen atoms in total. The molecule has 0 aliphatic carbocycles. The Kier molecular flexibility index (Phi) is 4.95. The minimum atomic E-state index is 0.799. The molecule has 0 N–H and O–H groups in total. The van der Waals surface area contributed by atoms with Crippen LogP contribution in [0.4, 0.5) is 11.4 Å². The zero-order valence-corrected chi connectivity index (χ0v) is 18.7. The Morgan fingerprint density at radius 2 is 1.61 bits per heavy atom. The highest BCUT2D eigenvalue weighted by Crippen LogP contribution is 2.29. The van der Waals surface area contributed by atoms with Crippen molar-refractivity contribution >= 4 is 34.3 Å². The summed E-state index contributed by atoms with van der Waals surface area (Å²) < 4.78 is 6.11. The second-order valence-electron chi connectivity index (χ2n) is 8.70. The van der Waals surface area contributed by atoms with E-state index in [-0.39, 0.29) is 0 Å². The van der Waals surface area contributed by atoms with Crippen molar-refractivity contribution in [1.29, 1.82) is 0 Å². The molecular weight excluding hydrogens is 408 g/mol. The van der Waals surface area contributed by atoms with Crippen molar-refractivity contribution in [2.75, 3.05) is 23.1 Å². The Balaban J connectivity index is 1.24. The van der Waals surface area contributed by atoms with Gasteiger partial charge in [-0.05, 0) is 79.3 Å². The van der Waals surface area contributed by atoms with Crippen LogP contribution in [-0.4, -0.2) is 25.0 Å². The third-order valence-electron chi connectivity index (χ3n) is 6.46. The molecule has 0 saturated heterocycles. The predicted molar refractivity (Wildman–Crippen MR) is 136 cm³/mol. The first-order valence-corrected chi connectivity index (χ1v) is 11.6. The van der Waals surface area contributed by atoms with Crippen LogP contribution in [0.5, 0.6) is 0 Å². The molecule has 0 unspecified atom stereocenters. The minimum absolute atomic E-state index is 0.799. The molecule has 0 fully saturated rings. The van der Waals surface area contributed by atoms with Crippen molar-refractivity contribution in [2.24, 2.45) is 10.2 Å². The minimum Gasteiger partial charge on any atom is -0.455 e. The summed E-state index contributed by atoms with van der Waals surface area (Å²) in [6.45, 7) is 3.85. The van der Waals surface area contributed by atoms with Crippen LogP contribution in [0.15, 0.2) is 87.4 Å². The predicted octanol–water partition coefficient (Wildman–Crippen LogP) is 6.01. The van der Waals surface area contributed by atoms with E-state index in [0.29, 0.717) is 0 Å². The molecule has 0 bridgehead atoms. The summed E-state index contributed by atoms with van der Waals surface area (Å²) in [4.78, 5) is 0. The maximum atomic E-state index is 6.11. The highest BCUT2D eigenvalue weighted by molar-refractivity contribution is 6.01. The molecule has 1 aromatic heterocycles. The van der Waals surface area contributed by atoms with Crippen molar-refractivity contribution in [3.8, 4) is 0 Å². The van der Waals surface area contributed by atoms with Gasteiger partial charge >= 0.3 is 0 Å². The first-order valence-electron chi connectivity index (χ1n) is 11.6. The smallest absolute Gasteiger partial charge is 0.151 e. The summed E-state index contributed by atoms with van der Waals surface area (Å²) in [6.07, 6.45) is 5.21. The lowest BCUT2D eigenvalue weighted by Crippen LogP contribution is -2.24. The van der Waals surface area contributed by atoms with E-state index < -0.39 is 0 Å². The van der Waals surface area contributed by atoms with Gasteiger partial charge in [-0.15, -0.1) is 0 Å². The summed E-state index contributed by atoms with van der Waals surface area (Å²) in [7, 11) is 0. The van der Waals surface area contributed by atoms with E-state index in [1.165, 1.54) is 22.5 Å². The lowest BCUT2D eigenvalue weighted by atomic mass is 10.0. The van der Waals surface area contributed by atoms with Crippen LogP contribution >= 0.6 is 0 Å². The zero-order valence-electron chi connectivity index (χ0n) is 18.7. The number of benzene rings is 3. The number of anilines is 2. The maximum Gasteiger partial charge on any atom is 0.151 e. The Bertz CT molecular complexity index is 1380. The summed E-state index contributed by atoms with van der Waals surface area (Å²) in [6, 6.07) is 25.2. The number of nitrogens with zero attached hydrogens (tertiary/aromatic N) is 4. The number of hydrogen-bond acceptors (Lipinski definition) is 5. The Morgan fingerprint density at radius 3 is 2.45 bits per heavy atom. The number of furan rings is 1. The standard InChI is InChI=1S/C28H26N4O/c1-20(30-32-16-14-23-8-3-5-11-26(23)32)28-18-24-17-21(12-13-27(24)33-28)19-29-31-15-6-9-22-7-2-4-10-25(22)31/h2-5,7-8,10-13,17-19H,6,9,14-16H2,1H3/b29-19+,30-20+. The lowest BCUT2D eigenvalue weighted by Gasteiger charge is -2.26. The van der Waals surface area contributed by atoms with Crippen molar-refractivity contribution < 1.29 is 4.42 Å². The topological polar surface area (TPSA) is 44.3 Å². The van der Waals surface area contributed by atoms with Gasteiger partial charge in [-0.1, -0.05) is 36.4 Å². The number of hydrogen-bond donors (Lipinski definition) is 0. The molecule has 2 aliphatic rings. The first-order chi connectivity index (χ1) is 16.2. The third kappa shape index (κ3) is 3.80. The van der Waals surface area contributed by atoms with Gasteiger partial charge in [0, 0.05) is 18.5 Å². The molecule has 0 radical (unpaired) electrons. The molecule has 3 heterocycles. The van der Waals surface area contributed by atoms with E-state index >= 15 is 0 Å². The normalized spacial score (nSPS) is 16.0. The van der Waals surface area contributed by atoms with Gasteiger partial charge in [0.1, 0.15) is 11.3 Å². The van der Waals surface area contributed by atoms with Crippen molar-refractivity contribution in [1.82, 2.24) is 0 Å². The molecule has 0 atom stereocenters. The summed E-state index contributed by atoms with van der Waals surface area (Å²) >= 11 is 0.